The first-order chi connectivity index (χ1) is 7.71. The summed E-state index contributed by atoms with van der Waals surface area (Å²) < 4.78 is 0. The number of primary amides is 1. The zero-order valence-corrected chi connectivity index (χ0v) is 11.1. The topological polar surface area (TPSA) is 69.1 Å². The monoisotopic (exact) mass is 234 g/mol. The summed E-state index contributed by atoms with van der Waals surface area (Å²) in [7, 11) is 0. The maximum atomic E-state index is 10.9. The lowest BCUT2D eigenvalue weighted by atomic mass is 9.84. The third-order valence-corrected chi connectivity index (χ3v) is 2.96. The Bertz CT molecular complexity index is 419. The minimum absolute atomic E-state index is 0.122. The molecule has 0 aliphatic rings. The van der Waals surface area contributed by atoms with Crippen LogP contribution in [0.2, 0.25) is 0 Å². The summed E-state index contributed by atoms with van der Waals surface area (Å²) in [6, 6.07) is 5.91. The van der Waals surface area contributed by atoms with E-state index >= 15 is 0 Å². The van der Waals surface area contributed by atoms with Gasteiger partial charge in [-0.25, -0.2) is 0 Å². The van der Waals surface area contributed by atoms with Crippen molar-refractivity contribution in [3.05, 3.63) is 34.9 Å². The highest BCUT2D eigenvalue weighted by Gasteiger charge is 2.17. The molecule has 0 saturated heterocycles. The highest BCUT2D eigenvalue weighted by molar-refractivity contribution is 5.74. The summed E-state index contributed by atoms with van der Waals surface area (Å²) in [4.78, 5) is 10.9. The molecule has 1 unspecified atom stereocenters. The van der Waals surface area contributed by atoms with Gasteiger partial charge in [0.25, 0.3) is 0 Å². The molecule has 17 heavy (non-hydrogen) atoms. The van der Waals surface area contributed by atoms with E-state index in [1.54, 1.807) is 0 Å². The first-order valence-corrected chi connectivity index (χ1v) is 5.86. The van der Waals surface area contributed by atoms with Crippen LogP contribution < -0.4 is 11.5 Å². The minimum atomic E-state index is -0.364. The van der Waals surface area contributed by atoms with Crippen LogP contribution in [0, 0.1) is 6.92 Å². The van der Waals surface area contributed by atoms with Crippen molar-refractivity contribution >= 4 is 5.91 Å². The van der Waals surface area contributed by atoms with Crippen LogP contribution in [-0.4, -0.2) is 5.91 Å². The Labute approximate surface area is 103 Å². The molecule has 4 N–H and O–H groups in total. The summed E-state index contributed by atoms with van der Waals surface area (Å²) in [5.74, 6) is -0.364. The van der Waals surface area contributed by atoms with Gasteiger partial charge in [-0.15, -0.1) is 0 Å². The zero-order valence-electron chi connectivity index (χ0n) is 11.1. The maximum absolute atomic E-state index is 10.9. The largest absolute Gasteiger partial charge is 0.370 e. The Kier molecular flexibility index (Phi) is 3.94. The molecule has 0 heterocycles. The van der Waals surface area contributed by atoms with Crippen molar-refractivity contribution < 1.29 is 4.79 Å². The number of nitrogens with two attached hydrogens (primary N) is 2. The second-order valence-electron chi connectivity index (χ2n) is 5.60. The van der Waals surface area contributed by atoms with Gasteiger partial charge >= 0.3 is 0 Å². The van der Waals surface area contributed by atoms with Gasteiger partial charge in [0.15, 0.2) is 0 Å². The molecule has 1 aromatic rings. The third-order valence-electron chi connectivity index (χ3n) is 2.96. The van der Waals surface area contributed by atoms with E-state index in [1.807, 2.05) is 13.0 Å². The molecule has 0 aliphatic heterocycles. The summed E-state index contributed by atoms with van der Waals surface area (Å²) in [6.45, 7) is 8.53. The van der Waals surface area contributed by atoms with E-state index in [4.69, 9.17) is 11.5 Å². The number of benzene rings is 1. The van der Waals surface area contributed by atoms with Crippen LogP contribution >= 0.6 is 0 Å². The van der Waals surface area contributed by atoms with E-state index in [1.165, 1.54) is 5.56 Å². The fourth-order valence-corrected chi connectivity index (χ4v) is 1.88. The summed E-state index contributed by atoms with van der Waals surface area (Å²) in [5, 5.41) is 0. The second kappa shape index (κ2) is 4.88. The van der Waals surface area contributed by atoms with E-state index in [0.717, 1.165) is 11.1 Å². The highest BCUT2D eigenvalue weighted by Crippen LogP contribution is 2.26. The molecule has 3 heteroatoms. The zero-order chi connectivity index (χ0) is 13.2. The van der Waals surface area contributed by atoms with Gasteiger partial charge in [0.05, 0.1) is 0 Å². The number of carbonyl (C=O) groups is 1. The van der Waals surface area contributed by atoms with E-state index in [0.29, 0.717) is 0 Å². The van der Waals surface area contributed by atoms with E-state index < -0.39 is 0 Å². The van der Waals surface area contributed by atoms with E-state index in [-0.39, 0.29) is 23.8 Å². The summed E-state index contributed by atoms with van der Waals surface area (Å²) >= 11 is 0. The number of amides is 1. The molecule has 1 aromatic carbocycles. The van der Waals surface area contributed by atoms with Crippen LogP contribution in [0.25, 0.3) is 0 Å². The van der Waals surface area contributed by atoms with Crippen molar-refractivity contribution in [2.24, 2.45) is 11.5 Å². The van der Waals surface area contributed by atoms with Crippen molar-refractivity contribution in [1.29, 1.82) is 0 Å². The van der Waals surface area contributed by atoms with Gasteiger partial charge in [0.1, 0.15) is 0 Å². The molecule has 94 valence electrons. The van der Waals surface area contributed by atoms with Crippen LogP contribution in [-0.2, 0) is 10.2 Å². The normalized spacial score (nSPS) is 13.5. The first kappa shape index (κ1) is 13.7. The van der Waals surface area contributed by atoms with Crippen LogP contribution in [0.15, 0.2) is 18.2 Å². The molecule has 0 saturated carbocycles. The molecule has 3 nitrogen and oxygen atoms in total. The molecule has 0 fully saturated rings. The maximum Gasteiger partial charge on any atom is 0.219 e. The Morgan fingerprint density at radius 2 is 1.94 bits per heavy atom. The van der Waals surface area contributed by atoms with Crippen molar-refractivity contribution in [3.63, 3.8) is 0 Å². The van der Waals surface area contributed by atoms with Crippen molar-refractivity contribution in [1.82, 2.24) is 0 Å². The quantitative estimate of drug-likeness (QED) is 0.841. The highest BCUT2D eigenvalue weighted by atomic mass is 16.1. The molecular formula is C14H22N2O. The minimum Gasteiger partial charge on any atom is -0.370 e. The first-order valence-electron chi connectivity index (χ1n) is 5.86. The van der Waals surface area contributed by atoms with E-state index in [9.17, 15) is 4.79 Å². The lowest BCUT2D eigenvalue weighted by molar-refractivity contribution is -0.118. The van der Waals surface area contributed by atoms with E-state index in [2.05, 4.69) is 32.9 Å². The Morgan fingerprint density at radius 3 is 2.35 bits per heavy atom. The van der Waals surface area contributed by atoms with Crippen LogP contribution in [0.3, 0.4) is 0 Å². The van der Waals surface area contributed by atoms with Crippen LogP contribution in [0.4, 0.5) is 0 Å². The summed E-state index contributed by atoms with van der Waals surface area (Å²) in [6.07, 6.45) is 0.190. The van der Waals surface area contributed by atoms with Gasteiger partial charge < -0.3 is 11.5 Å². The van der Waals surface area contributed by atoms with Gasteiger partial charge in [0, 0.05) is 12.5 Å². The molecule has 1 atom stereocenters. The molecule has 0 radical (unpaired) electrons. The van der Waals surface area contributed by atoms with Gasteiger partial charge in [0.2, 0.25) is 5.91 Å². The molecule has 0 spiro atoms. The Morgan fingerprint density at radius 1 is 1.35 bits per heavy atom. The summed E-state index contributed by atoms with van der Waals surface area (Å²) in [5.41, 5.74) is 14.6. The lowest BCUT2D eigenvalue weighted by Crippen LogP contribution is -2.21. The molecule has 0 aliphatic carbocycles. The van der Waals surface area contributed by atoms with Gasteiger partial charge in [-0.1, -0.05) is 39.0 Å². The average molecular weight is 234 g/mol. The number of aryl methyl sites for hydroxylation is 1. The molecule has 1 amide bonds. The molecule has 1 rings (SSSR count). The SMILES string of the molecule is Cc1cc(C(C)(C)C)ccc1C(N)CC(N)=O. The van der Waals surface area contributed by atoms with Crippen LogP contribution in [0.5, 0.6) is 0 Å². The van der Waals surface area contributed by atoms with Gasteiger partial charge in [-0.2, -0.15) is 0 Å². The van der Waals surface area contributed by atoms with Gasteiger partial charge in [-0.3, -0.25) is 4.79 Å². The standard InChI is InChI=1S/C14H22N2O/c1-9-7-10(14(2,3)4)5-6-11(9)12(15)8-13(16)17/h5-7,12H,8,15H2,1-4H3,(H2,16,17). The van der Waals surface area contributed by atoms with Gasteiger partial charge in [-0.05, 0) is 29.0 Å². The van der Waals surface area contributed by atoms with Crippen molar-refractivity contribution in [2.75, 3.05) is 0 Å². The number of rotatable bonds is 3. The molecular weight excluding hydrogens is 212 g/mol. The number of carbonyl (C=O) groups excluding carboxylic acids is 1. The number of hydrogen-bond donors (Lipinski definition) is 2. The Balaban J connectivity index is 3.02. The lowest BCUT2D eigenvalue weighted by Gasteiger charge is -2.22. The predicted molar refractivity (Wildman–Crippen MR) is 70.6 cm³/mol. The third kappa shape index (κ3) is 3.56. The fraction of sp³-hybridized carbons (Fsp3) is 0.500. The predicted octanol–water partition coefficient (Wildman–Crippen LogP) is 2.17. The Hall–Kier alpha value is -1.35. The van der Waals surface area contributed by atoms with Crippen LogP contribution in [0.1, 0.15) is 49.9 Å². The number of hydrogen-bond acceptors (Lipinski definition) is 2. The molecule has 0 aromatic heterocycles. The smallest absolute Gasteiger partial charge is 0.219 e. The van der Waals surface area contributed by atoms with Crippen molar-refractivity contribution in [2.45, 2.75) is 45.6 Å². The molecule has 0 bridgehead atoms. The fourth-order valence-electron chi connectivity index (χ4n) is 1.88. The average Bonchev–Trinajstić information content (AvgIpc) is 2.14. The van der Waals surface area contributed by atoms with Crippen molar-refractivity contribution in [3.8, 4) is 0 Å². The second-order valence-corrected chi connectivity index (χ2v) is 5.60.